The van der Waals surface area contributed by atoms with E-state index >= 15 is 0 Å². The normalized spacial score (nSPS) is 10.4. The molecule has 0 fully saturated rings. The van der Waals surface area contributed by atoms with E-state index in [1.54, 1.807) is 6.20 Å². The Balaban J connectivity index is 2.30. The third kappa shape index (κ3) is 3.36. The highest BCUT2D eigenvalue weighted by atomic mass is 16.2. The number of rotatable bonds is 6. The molecule has 0 spiro atoms. The van der Waals surface area contributed by atoms with Crippen molar-refractivity contribution >= 4 is 5.91 Å². The number of amides is 1. The molecule has 0 saturated heterocycles. The van der Waals surface area contributed by atoms with E-state index in [0.717, 1.165) is 31.9 Å². The van der Waals surface area contributed by atoms with Crippen molar-refractivity contribution in [2.24, 2.45) is 0 Å². The fourth-order valence-electron chi connectivity index (χ4n) is 1.78. The summed E-state index contributed by atoms with van der Waals surface area (Å²) in [5, 5.41) is 0. The van der Waals surface area contributed by atoms with Crippen LogP contribution in [-0.2, 0) is 11.3 Å². The Morgan fingerprint density at radius 3 is 2.62 bits per heavy atom. The van der Waals surface area contributed by atoms with Crippen molar-refractivity contribution < 1.29 is 4.79 Å². The van der Waals surface area contributed by atoms with Gasteiger partial charge in [-0.05, 0) is 27.2 Å². The first-order chi connectivity index (χ1) is 7.69. The first kappa shape index (κ1) is 12.7. The first-order valence-corrected chi connectivity index (χ1v) is 5.94. The van der Waals surface area contributed by atoms with Crippen LogP contribution in [0.1, 0.15) is 32.5 Å². The molecule has 0 aliphatic rings. The molecular formula is C12H21N3O. The van der Waals surface area contributed by atoms with Gasteiger partial charge in [0.25, 0.3) is 0 Å². The van der Waals surface area contributed by atoms with Crippen LogP contribution in [0.5, 0.6) is 0 Å². The molecule has 0 aliphatic heterocycles. The van der Waals surface area contributed by atoms with E-state index in [0.29, 0.717) is 6.42 Å². The Labute approximate surface area is 97.3 Å². The summed E-state index contributed by atoms with van der Waals surface area (Å²) in [4.78, 5) is 17.7. The second kappa shape index (κ2) is 6.30. The van der Waals surface area contributed by atoms with Crippen LogP contribution in [0.3, 0.4) is 0 Å². The SMILES string of the molecule is CCN(CC)C(=O)CCCn1ccnc1C. The molecule has 0 unspecified atom stereocenters. The molecule has 4 nitrogen and oxygen atoms in total. The highest BCUT2D eigenvalue weighted by Crippen LogP contribution is 2.02. The van der Waals surface area contributed by atoms with Gasteiger partial charge in [-0.3, -0.25) is 4.79 Å². The summed E-state index contributed by atoms with van der Waals surface area (Å²) in [5.74, 6) is 1.26. The summed E-state index contributed by atoms with van der Waals surface area (Å²) >= 11 is 0. The van der Waals surface area contributed by atoms with Crippen LogP contribution in [0.25, 0.3) is 0 Å². The lowest BCUT2D eigenvalue weighted by molar-refractivity contribution is -0.130. The Hall–Kier alpha value is -1.32. The smallest absolute Gasteiger partial charge is 0.222 e. The average Bonchev–Trinajstić information content (AvgIpc) is 2.66. The maximum atomic E-state index is 11.7. The maximum Gasteiger partial charge on any atom is 0.222 e. The molecule has 1 heterocycles. The fraction of sp³-hybridized carbons (Fsp3) is 0.667. The zero-order valence-electron chi connectivity index (χ0n) is 10.4. The molecule has 1 rings (SSSR count). The van der Waals surface area contributed by atoms with Gasteiger partial charge in [-0.2, -0.15) is 0 Å². The topological polar surface area (TPSA) is 38.1 Å². The number of carbonyl (C=O) groups is 1. The van der Waals surface area contributed by atoms with Crippen LogP contribution in [0, 0.1) is 6.92 Å². The summed E-state index contributed by atoms with van der Waals surface area (Å²) in [6.07, 6.45) is 5.25. The van der Waals surface area contributed by atoms with Crippen LogP contribution in [0.4, 0.5) is 0 Å². The van der Waals surface area contributed by atoms with Gasteiger partial charge in [0.2, 0.25) is 5.91 Å². The highest BCUT2D eigenvalue weighted by Gasteiger charge is 2.08. The minimum atomic E-state index is 0.253. The van der Waals surface area contributed by atoms with Gasteiger partial charge in [-0.1, -0.05) is 0 Å². The monoisotopic (exact) mass is 223 g/mol. The summed E-state index contributed by atoms with van der Waals surface area (Å²) in [7, 11) is 0. The van der Waals surface area contributed by atoms with Crippen molar-refractivity contribution in [1.82, 2.24) is 14.5 Å². The number of aromatic nitrogens is 2. The Bertz CT molecular complexity index is 329. The first-order valence-electron chi connectivity index (χ1n) is 5.94. The lowest BCUT2D eigenvalue weighted by Gasteiger charge is -2.18. The van der Waals surface area contributed by atoms with E-state index in [4.69, 9.17) is 0 Å². The number of hydrogen-bond acceptors (Lipinski definition) is 2. The summed E-state index contributed by atoms with van der Waals surface area (Å²) in [5.41, 5.74) is 0. The molecule has 0 saturated carbocycles. The third-order valence-electron chi connectivity index (χ3n) is 2.83. The fourth-order valence-corrected chi connectivity index (χ4v) is 1.78. The maximum absolute atomic E-state index is 11.7. The van der Waals surface area contributed by atoms with Gasteiger partial charge >= 0.3 is 0 Å². The molecule has 1 amide bonds. The van der Waals surface area contributed by atoms with E-state index in [-0.39, 0.29) is 5.91 Å². The molecule has 0 atom stereocenters. The number of hydrogen-bond donors (Lipinski definition) is 0. The highest BCUT2D eigenvalue weighted by molar-refractivity contribution is 5.75. The van der Waals surface area contributed by atoms with Gasteiger partial charge in [0.05, 0.1) is 0 Å². The summed E-state index contributed by atoms with van der Waals surface area (Å²) in [6.45, 7) is 8.49. The van der Waals surface area contributed by atoms with Crippen LogP contribution < -0.4 is 0 Å². The molecule has 4 heteroatoms. The number of aryl methyl sites for hydroxylation is 2. The third-order valence-corrected chi connectivity index (χ3v) is 2.83. The van der Waals surface area contributed by atoms with E-state index in [2.05, 4.69) is 9.55 Å². The molecule has 0 aliphatic carbocycles. The molecular weight excluding hydrogens is 202 g/mol. The molecule has 90 valence electrons. The summed E-state index contributed by atoms with van der Waals surface area (Å²) in [6, 6.07) is 0. The van der Waals surface area contributed by atoms with E-state index in [1.807, 2.05) is 31.9 Å². The van der Waals surface area contributed by atoms with Crippen LogP contribution >= 0.6 is 0 Å². The van der Waals surface area contributed by atoms with Gasteiger partial charge in [0, 0.05) is 38.4 Å². The Morgan fingerprint density at radius 2 is 2.12 bits per heavy atom. The number of nitrogens with zero attached hydrogens (tertiary/aromatic N) is 3. The van der Waals surface area contributed by atoms with Crippen molar-refractivity contribution in [3.8, 4) is 0 Å². The standard InChI is InChI=1S/C12H21N3O/c1-4-14(5-2)12(16)7-6-9-15-10-8-13-11(15)3/h8,10H,4-7,9H2,1-3H3. The minimum Gasteiger partial charge on any atom is -0.343 e. The van der Waals surface area contributed by atoms with E-state index in [9.17, 15) is 4.79 Å². The molecule has 0 radical (unpaired) electrons. The van der Waals surface area contributed by atoms with Crippen LogP contribution in [-0.4, -0.2) is 33.4 Å². The second-order valence-electron chi connectivity index (χ2n) is 3.84. The van der Waals surface area contributed by atoms with Gasteiger partial charge in [-0.15, -0.1) is 0 Å². The van der Waals surface area contributed by atoms with Crippen molar-refractivity contribution in [3.05, 3.63) is 18.2 Å². The van der Waals surface area contributed by atoms with Crippen molar-refractivity contribution in [2.45, 2.75) is 40.2 Å². The van der Waals surface area contributed by atoms with Crippen molar-refractivity contribution in [1.29, 1.82) is 0 Å². The lowest BCUT2D eigenvalue weighted by atomic mass is 10.2. The Kier molecular flexibility index (Phi) is 5.02. The Morgan fingerprint density at radius 1 is 1.44 bits per heavy atom. The van der Waals surface area contributed by atoms with Gasteiger partial charge in [-0.25, -0.2) is 4.98 Å². The number of carbonyl (C=O) groups excluding carboxylic acids is 1. The second-order valence-corrected chi connectivity index (χ2v) is 3.84. The summed E-state index contributed by atoms with van der Waals surface area (Å²) < 4.78 is 2.08. The van der Waals surface area contributed by atoms with Gasteiger partial charge in [0.1, 0.15) is 5.82 Å². The van der Waals surface area contributed by atoms with E-state index in [1.165, 1.54) is 0 Å². The van der Waals surface area contributed by atoms with E-state index < -0.39 is 0 Å². The predicted molar refractivity (Wildman–Crippen MR) is 64.1 cm³/mol. The molecule has 1 aromatic rings. The molecule has 0 bridgehead atoms. The zero-order chi connectivity index (χ0) is 12.0. The van der Waals surface area contributed by atoms with Crippen LogP contribution in [0.15, 0.2) is 12.4 Å². The molecule has 0 aromatic carbocycles. The molecule has 0 N–H and O–H groups in total. The largest absolute Gasteiger partial charge is 0.343 e. The quantitative estimate of drug-likeness (QED) is 0.738. The van der Waals surface area contributed by atoms with Gasteiger partial charge in [0.15, 0.2) is 0 Å². The van der Waals surface area contributed by atoms with Gasteiger partial charge < -0.3 is 9.47 Å². The predicted octanol–water partition coefficient (Wildman–Crippen LogP) is 1.84. The minimum absolute atomic E-state index is 0.253. The average molecular weight is 223 g/mol. The zero-order valence-corrected chi connectivity index (χ0v) is 10.4. The van der Waals surface area contributed by atoms with Crippen molar-refractivity contribution in [2.75, 3.05) is 13.1 Å². The molecule has 1 aromatic heterocycles. The van der Waals surface area contributed by atoms with Crippen LogP contribution in [0.2, 0.25) is 0 Å². The lowest BCUT2D eigenvalue weighted by Crippen LogP contribution is -2.30. The molecule has 16 heavy (non-hydrogen) atoms. The number of imidazole rings is 1. The van der Waals surface area contributed by atoms with Crippen molar-refractivity contribution in [3.63, 3.8) is 0 Å².